The van der Waals surface area contributed by atoms with Crippen molar-refractivity contribution < 1.29 is 67.4 Å². The number of fused-ring (bicyclic) bond motifs is 16. The number of rotatable bonds is 12. The predicted octanol–water partition coefficient (Wildman–Crippen LogP) is 26.2. The summed E-state index contributed by atoms with van der Waals surface area (Å²) in [5.74, 6) is -3.37. The van der Waals surface area contributed by atoms with Crippen LogP contribution in [-0.4, -0.2) is 75.9 Å². The van der Waals surface area contributed by atoms with Crippen LogP contribution < -0.4 is 28.4 Å². The van der Waals surface area contributed by atoms with Crippen LogP contribution in [0.1, 0.15) is 362 Å². The number of phenolic OH excluding ortho intramolecular Hbond substituents is 2. The van der Waals surface area contributed by atoms with Crippen LogP contribution in [-0.2, 0) is 94.7 Å². The van der Waals surface area contributed by atoms with Gasteiger partial charge in [-0.15, -0.1) is 0 Å². The van der Waals surface area contributed by atoms with Gasteiger partial charge in [0, 0.05) is 192 Å². The number of pyridine rings is 6. The van der Waals surface area contributed by atoms with Crippen molar-refractivity contribution in [2.45, 2.75) is 261 Å². The second-order valence-corrected chi connectivity index (χ2v) is 46.2. The van der Waals surface area contributed by atoms with Gasteiger partial charge >= 0.3 is 35.8 Å². The molecule has 20 nitrogen and oxygen atoms in total. The van der Waals surface area contributed by atoms with Crippen LogP contribution in [0.2, 0.25) is 0 Å². The normalized spacial score (nSPS) is 13.0. The molecule has 0 spiro atoms. The number of carbonyl (C=O) groups excluding carboxylic acids is 6. The maximum absolute atomic E-state index is 15.6. The first-order chi connectivity index (χ1) is 67.7. The molecule has 740 valence electrons. The summed E-state index contributed by atoms with van der Waals surface area (Å²) in [6.45, 7) is 50.4. The van der Waals surface area contributed by atoms with Gasteiger partial charge in [-0.25, -0.2) is 28.8 Å². The van der Waals surface area contributed by atoms with E-state index in [1.807, 2.05) is 97.1 Å². The Hall–Kier alpha value is -14.9. The van der Waals surface area contributed by atoms with Gasteiger partial charge in [0.05, 0.1) is 33.4 Å². The maximum Gasteiger partial charge on any atom is 0.343 e. The Morgan fingerprint density at radius 1 is 0.181 bits per heavy atom. The lowest BCUT2D eigenvalue weighted by molar-refractivity contribution is 0.0719. The zero-order valence-corrected chi connectivity index (χ0v) is 87.2. The van der Waals surface area contributed by atoms with Crippen molar-refractivity contribution >= 4 is 35.8 Å². The Morgan fingerprint density at radius 2 is 0.278 bits per heavy atom. The zero-order chi connectivity index (χ0) is 104. The molecule has 2 N–H and O–H groups in total. The van der Waals surface area contributed by atoms with Gasteiger partial charge < -0.3 is 38.6 Å². The molecule has 0 saturated carbocycles. The molecule has 0 unspecified atom stereocenters. The molecule has 16 bridgehead atoms. The summed E-state index contributed by atoms with van der Waals surface area (Å²) in [4.78, 5) is 119. The van der Waals surface area contributed by atoms with Gasteiger partial charge in [0.2, 0.25) is 0 Å². The number of aromatic nitrogens is 6. The van der Waals surface area contributed by atoms with Gasteiger partial charge in [-0.2, -0.15) is 0 Å². The Bertz CT molecular complexity index is 6480. The number of esters is 6. The third kappa shape index (κ3) is 24.2. The van der Waals surface area contributed by atoms with Crippen LogP contribution in [0.5, 0.6) is 46.0 Å². The van der Waals surface area contributed by atoms with Crippen molar-refractivity contribution in [1.29, 1.82) is 0 Å². The van der Waals surface area contributed by atoms with E-state index in [1.54, 1.807) is 72.8 Å². The van der Waals surface area contributed by atoms with Crippen molar-refractivity contribution in [2.24, 2.45) is 0 Å². The second-order valence-electron chi connectivity index (χ2n) is 46.2. The summed E-state index contributed by atoms with van der Waals surface area (Å²) in [7, 11) is 0. The van der Waals surface area contributed by atoms with E-state index in [2.05, 4.69) is 196 Å². The fourth-order valence-electron chi connectivity index (χ4n) is 17.9. The lowest BCUT2D eigenvalue weighted by Gasteiger charge is -2.28. The van der Waals surface area contributed by atoms with E-state index in [1.165, 1.54) is 74.4 Å². The molecule has 15 rings (SSSR count). The quantitative estimate of drug-likeness (QED) is 0.0849. The van der Waals surface area contributed by atoms with Gasteiger partial charge in [-0.1, -0.05) is 263 Å². The monoisotopic (exact) mass is 1930 g/mol. The van der Waals surface area contributed by atoms with Crippen molar-refractivity contribution in [3.05, 3.63) is 411 Å². The largest absolute Gasteiger partial charge is 0.507 e. The minimum atomic E-state index is -0.706. The lowest BCUT2D eigenvalue weighted by Crippen LogP contribution is -2.19. The highest BCUT2D eigenvalue weighted by atomic mass is 16.6. The molecule has 0 fully saturated rings. The number of nitrogens with zero attached hydrogens (tertiary/aromatic N) is 6. The van der Waals surface area contributed by atoms with Crippen molar-refractivity contribution in [3.8, 4) is 46.0 Å². The van der Waals surface area contributed by atoms with E-state index in [-0.39, 0.29) is 131 Å². The second kappa shape index (κ2) is 40.8. The van der Waals surface area contributed by atoms with E-state index < -0.39 is 79.1 Å². The van der Waals surface area contributed by atoms with Crippen LogP contribution >= 0.6 is 0 Å². The predicted molar refractivity (Wildman–Crippen MR) is 562 cm³/mol. The molecule has 0 amide bonds. The van der Waals surface area contributed by atoms with Gasteiger partial charge in [0.1, 0.15) is 46.0 Å². The lowest BCUT2D eigenvalue weighted by atomic mass is 9.79. The number of ether oxygens (including phenoxy) is 6. The molecule has 0 radical (unpaired) electrons. The zero-order valence-electron chi connectivity index (χ0n) is 87.2. The van der Waals surface area contributed by atoms with E-state index in [0.717, 1.165) is 44.5 Å². The Balaban J connectivity index is 1.09. The minimum Gasteiger partial charge on any atom is -0.507 e. The summed E-state index contributed by atoms with van der Waals surface area (Å²) in [5.41, 5.74) is 11.0. The van der Waals surface area contributed by atoms with Crippen molar-refractivity contribution in [2.75, 3.05) is 0 Å². The highest BCUT2D eigenvalue weighted by Gasteiger charge is 2.37. The van der Waals surface area contributed by atoms with Gasteiger partial charge in [0.25, 0.3) is 0 Å². The molecule has 20 heteroatoms. The van der Waals surface area contributed by atoms with Crippen LogP contribution in [0.25, 0.3) is 0 Å². The van der Waals surface area contributed by atoms with Gasteiger partial charge in [0.15, 0.2) is 0 Å². The van der Waals surface area contributed by atoms with E-state index in [4.69, 9.17) is 28.4 Å². The van der Waals surface area contributed by atoms with E-state index >= 15 is 28.8 Å². The third-order valence-electron chi connectivity index (χ3n) is 26.6. The average molecular weight is 1930 g/mol. The number of aromatic hydroxyl groups is 2. The van der Waals surface area contributed by atoms with Crippen molar-refractivity contribution in [1.82, 2.24) is 29.9 Å². The maximum atomic E-state index is 15.6. The SMILES string of the molecule is CC(C)(C)c1cc2c(O)c(c1)Cc1cc(C(C)(C)C)cc(c1OC(=O)c1ccncc1)Cc1cc(C(C)(C)C)cc(c1OC(=O)c1ccncc1)Cc1cc(C(C)(C)C)cc(c1OC(=O)c1ccncc1)Cc1cc(C(C)(C)C)cc(c1O)Cc1cc(C(C)(C)C)cc(c1OC(=O)c1ccncc1)Cc1cc(C(C)(C)C)cc(c1OC(=O)c1ccncc1)Cc1cc(C(C)(C)C)cc(c1OC(=O)c1ccncc1)C2. The van der Waals surface area contributed by atoms with Crippen LogP contribution in [0.3, 0.4) is 0 Å². The summed E-state index contributed by atoms with van der Waals surface area (Å²) in [5, 5.41) is 27.9. The Labute approximate surface area is 846 Å². The first-order valence-corrected chi connectivity index (χ1v) is 49.1. The first kappa shape index (κ1) is 103. The molecule has 0 atom stereocenters. The average Bonchev–Trinajstić information content (AvgIpc) is 0.761. The topological polar surface area (TPSA) is 276 Å². The number of phenols is 2. The fraction of sp³-hybridized carbons (Fsp3) is 0.323. The summed E-state index contributed by atoms with van der Waals surface area (Å²) in [6.07, 6.45) is 17.9. The molecule has 6 heterocycles. The summed E-state index contributed by atoms with van der Waals surface area (Å²) in [6, 6.07) is 51.4. The minimum absolute atomic E-state index is 0.0378. The number of benzene rings is 8. The fourth-order valence-corrected chi connectivity index (χ4v) is 17.9. The number of hydrogen-bond acceptors (Lipinski definition) is 20. The van der Waals surface area contributed by atoms with E-state index in [9.17, 15) is 10.2 Å². The smallest absolute Gasteiger partial charge is 0.343 e. The molecule has 14 aromatic rings. The number of carbonyl (C=O) groups is 6. The molecular formula is C124H130N6O14. The molecule has 0 aliphatic heterocycles. The standard InChI is InChI=1S/C124H130N6O14/c1-117(2,3)95-57-79-49-83-61-97(119(7,8)9)65-87(105(83)139-111(133)73-25-37-125-38-26-73)53-91-69-101(123(19,20)21)71-93(109(91)143-115(137)77-33-45-129-46-34-77)55-89-67-99(121(13,14)15)63-85(107(89)141-113(135)75-29-41-127-42-30-75)51-81-59-96(118(4,5)6)60-82(104(81)132)52-86-64-100(122(16,17)18)68-90(108(86)142-114(136)76-31-43-128-44-32-76)56-94-72-102(124(22,23)24)70-92(110(94)144-116(138)78-35-47-130-48-36-78)54-88-66-98(120(10,11)12)62-84(50-80(58-95)103(79)131)106(88)140-112(134)74-27-39-126-40-28-74/h25-48,57-72,131-132H,49-56H2,1-24H3. The molecule has 6 aromatic heterocycles. The molecule has 8 aromatic carbocycles. The molecule has 0 saturated heterocycles. The highest BCUT2D eigenvalue weighted by molar-refractivity contribution is 5.95. The summed E-state index contributed by atoms with van der Waals surface area (Å²) >= 11 is 0. The van der Waals surface area contributed by atoms with Crippen LogP contribution in [0, 0.1) is 0 Å². The Morgan fingerprint density at radius 3 is 0.382 bits per heavy atom. The Kier molecular flexibility index (Phi) is 29.3. The third-order valence-corrected chi connectivity index (χ3v) is 26.6. The molecule has 1 aliphatic rings. The van der Waals surface area contributed by atoms with Crippen LogP contribution in [0.15, 0.2) is 244 Å². The molecule has 1 aliphatic carbocycles. The number of hydrogen-bond donors (Lipinski definition) is 2. The van der Waals surface area contributed by atoms with Gasteiger partial charge in [-0.3, -0.25) is 29.9 Å². The molecular weight excluding hydrogens is 1800 g/mol. The summed E-state index contributed by atoms with van der Waals surface area (Å²) < 4.78 is 42.2. The highest BCUT2D eigenvalue weighted by Crippen LogP contribution is 2.50. The van der Waals surface area contributed by atoms with E-state index in [0.29, 0.717) is 89.0 Å². The first-order valence-electron chi connectivity index (χ1n) is 49.1. The molecule has 144 heavy (non-hydrogen) atoms. The van der Waals surface area contributed by atoms with Crippen LogP contribution in [0.4, 0.5) is 0 Å². The van der Waals surface area contributed by atoms with Gasteiger partial charge in [-0.05, 0) is 183 Å². The van der Waals surface area contributed by atoms with Crippen molar-refractivity contribution in [3.63, 3.8) is 0 Å².